The molecule has 2 aromatic rings. The average molecular weight is 286 g/mol. The Labute approximate surface area is 127 Å². The Bertz CT molecular complexity index is 586. The van der Waals surface area contributed by atoms with Gasteiger partial charge in [0.25, 0.3) is 0 Å². The molecule has 1 aliphatic heterocycles. The fraction of sp³-hybridized carbons (Fsp3) is 0.556. The van der Waals surface area contributed by atoms with Gasteiger partial charge < -0.3 is 15.0 Å². The van der Waals surface area contributed by atoms with Crippen LogP contribution >= 0.6 is 0 Å². The number of aromatic nitrogens is 1. The van der Waals surface area contributed by atoms with Crippen molar-refractivity contribution in [2.24, 2.45) is 0 Å². The van der Waals surface area contributed by atoms with Gasteiger partial charge in [0.15, 0.2) is 0 Å². The Kier molecular flexibility index (Phi) is 4.32. The van der Waals surface area contributed by atoms with Crippen molar-refractivity contribution in [2.45, 2.75) is 57.7 Å². The molecule has 0 saturated carbocycles. The number of benzene rings is 1. The maximum atomic E-state index is 6.05. The van der Waals surface area contributed by atoms with Crippen LogP contribution < -0.4 is 5.32 Å². The standard InChI is InChI=1S/C18H26N2O/c1-3-18(4-2)12-16(8-10-21-18)20-13-14-5-6-15-7-9-19-17(15)11-14/h5-7,9,11,16,19-20H,3-4,8,10,12-13H2,1-2H3. The van der Waals surface area contributed by atoms with Crippen molar-refractivity contribution in [1.29, 1.82) is 0 Å². The normalized spacial score (nSPS) is 21.7. The molecule has 0 radical (unpaired) electrons. The minimum atomic E-state index is 0.0966. The van der Waals surface area contributed by atoms with Crippen LogP contribution in [0.1, 0.15) is 45.1 Å². The van der Waals surface area contributed by atoms with Gasteiger partial charge in [0, 0.05) is 30.9 Å². The van der Waals surface area contributed by atoms with E-state index in [1.165, 1.54) is 16.5 Å². The highest BCUT2D eigenvalue weighted by molar-refractivity contribution is 5.79. The highest BCUT2D eigenvalue weighted by atomic mass is 16.5. The molecule has 1 unspecified atom stereocenters. The first kappa shape index (κ1) is 14.6. The number of ether oxygens (including phenoxy) is 1. The second kappa shape index (κ2) is 6.20. The van der Waals surface area contributed by atoms with Gasteiger partial charge >= 0.3 is 0 Å². The van der Waals surface area contributed by atoms with E-state index in [1.807, 2.05) is 6.20 Å². The summed E-state index contributed by atoms with van der Waals surface area (Å²) in [4.78, 5) is 3.28. The van der Waals surface area contributed by atoms with E-state index in [0.717, 1.165) is 38.8 Å². The van der Waals surface area contributed by atoms with Crippen LogP contribution in [-0.4, -0.2) is 23.2 Å². The molecule has 1 aliphatic rings. The van der Waals surface area contributed by atoms with Crippen LogP contribution in [0.25, 0.3) is 10.9 Å². The Morgan fingerprint density at radius 3 is 2.95 bits per heavy atom. The van der Waals surface area contributed by atoms with Crippen LogP contribution in [0.4, 0.5) is 0 Å². The number of rotatable bonds is 5. The van der Waals surface area contributed by atoms with Gasteiger partial charge in [0.2, 0.25) is 0 Å². The average Bonchev–Trinajstić information content (AvgIpc) is 3.00. The number of hydrogen-bond acceptors (Lipinski definition) is 2. The van der Waals surface area contributed by atoms with E-state index in [-0.39, 0.29) is 5.60 Å². The molecule has 1 aromatic carbocycles. The number of fused-ring (bicyclic) bond motifs is 1. The molecule has 3 heteroatoms. The lowest BCUT2D eigenvalue weighted by Crippen LogP contribution is -2.46. The number of aromatic amines is 1. The van der Waals surface area contributed by atoms with Crippen molar-refractivity contribution in [3.05, 3.63) is 36.0 Å². The van der Waals surface area contributed by atoms with Gasteiger partial charge in [0.1, 0.15) is 0 Å². The van der Waals surface area contributed by atoms with E-state index < -0.39 is 0 Å². The van der Waals surface area contributed by atoms with E-state index in [4.69, 9.17) is 4.74 Å². The number of H-pyrrole nitrogens is 1. The van der Waals surface area contributed by atoms with Crippen LogP contribution in [0.5, 0.6) is 0 Å². The summed E-state index contributed by atoms with van der Waals surface area (Å²) < 4.78 is 6.05. The third-order valence-corrected chi connectivity index (χ3v) is 5.00. The molecular formula is C18H26N2O. The number of nitrogens with one attached hydrogen (secondary N) is 2. The Balaban J connectivity index is 1.61. The highest BCUT2D eigenvalue weighted by Gasteiger charge is 2.34. The second-order valence-corrected chi connectivity index (χ2v) is 6.21. The molecule has 1 atom stereocenters. The fourth-order valence-electron chi connectivity index (χ4n) is 3.41. The van der Waals surface area contributed by atoms with Crippen LogP contribution in [0, 0.1) is 0 Å². The van der Waals surface area contributed by atoms with E-state index >= 15 is 0 Å². The zero-order valence-corrected chi connectivity index (χ0v) is 13.1. The molecule has 2 heterocycles. The van der Waals surface area contributed by atoms with Crippen LogP contribution in [0.15, 0.2) is 30.5 Å². The van der Waals surface area contributed by atoms with Crippen LogP contribution in [-0.2, 0) is 11.3 Å². The summed E-state index contributed by atoms with van der Waals surface area (Å²) in [5.74, 6) is 0. The molecule has 1 fully saturated rings. The molecular weight excluding hydrogens is 260 g/mol. The molecule has 3 nitrogen and oxygen atoms in total. The molecule has 21 heavy (non-hydrogen) atoms. The summed E-state index contributed by atoms with van der Waals surface area (Å²) in [5.41, 5.74) is 2.66. The lowest BCUT2D eigenvalue weighted by molar-refractivity contribution is -0.0932. The summed E-state index contributed by atoms with van der Waals surface area (Å²) in [6.07, 6.45) is 6.46. The summed E-state index contributed by atoms with van der Waals surface area (Å²) in [7, 11) is 0. The predicted molar refractivity (Wildman–Crippen MR) is 87.4 cm³/mol. The monoisotopic (exact) mass is 286 g/mol. The van der Waals surface area contributed by atoms with Gasteiger partial charge in [-0.3, -0.25) is 0 Å². The largest absolute Gasteiger partial charge is 0.375 e. The molecule has 1 aromatic heterocycles. The minimum Gasteiger partial charge on any atom is -0.375 e. The van der Waals surface area contributed by atoms with Crippen molar-refractivity contribution in [3.63, 3.8) is 0 Å². The van der Waals surface area contributed by atoms with Gasteiger partial charge in [-0.15, -0.1) is 0 Å². The maximum Gasteiger partial charge on any atom is 0.0692 e. The Hall–Kier alpha value is -1.32. The SMILES string of the molecule is CCC1(CC)CC(NCc2ccc3cc[nH]c3c2)CCO1. The highest BCUT2D eigenvalue weighted by Crippen LogP contribution is 2.31. The molecule has 0 aliphatic carbocycles. The van der Waals surface area contributed by atoms with Crippen molar-refractivity contribution in [3.8, 4) is 0 Å². The van der Waals surface area contributed by atoms with Gasteiger partial charge in [-0.05, 0) is 48.8 Å². The first-order valence-electron chi connectivity index (χ1n) is 8.18. The smallest absolute Gasteiger partial charge is 0.0692 e. The second-order valence-electron chi connectivity index (χ2n) is 6.21. The first-order chi connectivity index (χ1) is 10.2. The Morgan fingerprint density at radius 1 is 1.29 bits per heavy atom. The van der Waals surface area contributed by atoms with Gasteiger partial charge in [-0.2, -0.15) is 0 Å². The van der Waals surface area contributed by atoms with Crippen LogP contribution in [0.3, 0.4) is 0 Å². The fourth-order valence-corrected chi connectivity index (χ4v) is 3.41. The minimum absolute atomic E-state index is 0.0966. The zero-order valence-electron chi connectivity index (χ0n) is 13.1. The zero-order chi connectivity index (χ0) is 14.7. The van der Waals surface area contributed by atoms with Gasteiger partial charge in [-0.1, -0.05) is 26.0 Å². The maximum absolute atomic E-state index is 6.05. The molecule has 0 bridgehead atoms. The summed E-state index contributed by atoms with van der Waals surface area (Å²) in [6, 6.07) is 9.33. The third kappa shape index (κ3) is 3.14. The van der Waals surface area contributed by atoms with E-state index in [2.05, 4.69) is 48.4 Å². The predicted octanol–water partition coefficient (Wildman–Crippen LogP) is 4.00. The van der Waals surface area contributed by atoms with E-state index in [1.54, 1.807) is 0 Å². The summed E-state index contributed by atoms with van der Waals surface area (Å²) in [5, 5.41) is 5.00. The third-order valence-electron chi connectivity index (χ3n) is 5.00. The molecule has 0 spiro atoms. The molecule has 114 valence electrons. The van der Waals surface area contributed by atoms with Gasteiger partial charge in [-0.25, -0.2) is 0 Å². The first-order valence-corrected chi connectivity index (χ1v) is 8.18. The quantitative estimate of drug-likeness (QED) is 0.872. The van der Waals surface area contributed by atoms with Crippen molar-refractivity contribution in [2.75, 3.05) is 6.61 Å². The van der Waals surface area contributed by atoms with Crippen LogP contribution in [0.2, 0.25) is 0 Å². The van der Waals surface area contributed by atoms with Gasteiger partial charge in [0.05, 0.1) is 5.60 Å². The number of hydrogen-bond donors (Lipinski definition) is 2. The molecule has 2 N–H and O–H groups in total. The topological polar surface area (TPSA) is 37.0 Å². The lowest BCUT2D eigenvalue weighted by atomic mass is 9.86. The molecule has 1 saturated heterocycles. The molecule has 0 amide bonds. The lowest BCUT2D eigenvalue weighted by Gasteiger charge is -2.40. The van der Waals surface area contributed by atoms with Crippen molar-refractivity contribution >= 4 is 10.9 Å². The summed E-state index contributed by atoms with van der Waals surface area (Å²) >= 11 is 0. The van der Waals surface area contributed by atoms with Crippen molar-refractivity contribution in [1.82, 2.24) is 10.3 Å². The van der Waals surface area contributed by atoms with E-state index in [0.29, 0.717) is 6.04 Å². The Morgan fingerprint density at radius 2 is 2.14 bits per heavy atom. The van der Waals surface area contributed by atoms with E-state index in [9.17, 15) is 0 Å². The van der Waals surface area contributed by atoms with Crippen molar-refractivity contribution < 1.29 is 4.74 Å². The summed E-state index contributed by atoms with van der Waals surface area (Å²) in [6.45, 7) is 6.30. The molecule has 3 rings (SSSR count).